The van der Waals surface area contributed by atoms with E-state index in [-0.39, 0.29) is 25.5 Å². The Hall–Kier alpha value is -3.86. The molecule has 1 aromatic carbocycles. The highest BCUT2D eigenvalue weighted by Crippen LogP contribution is 2.45. The molecule has 0 spiro atoms. The molecule has 5 rings (SSSR count). The molecule has 0 unspecified atom stereocenters. The van der Waals surface area contributed by atoms with Gasteiger partial charge in [0.1, 0.15) is 35.6 Å². The number of benzene rings is 1. The van der Waals surface area contributed by atoms with Gasteiger partial charge >= 0.3 is 12.1 Å². The van der Waals surface area contributed by atoms with Gasteiger partial charge in [-0.1, -0.05) is 38.4 Å². The Morgan fingerprint density at radius 2 is 1.91 bits per heavy atom. The van der Waals surface area contributed by atoms with E-state index in [1.807, 2.05) is 20.8 Å². The molecule has 11 nitrogen and oxygen atoms in total. The molecule has 236 valence electrons. The number of alkyl carbamates (subject to hydrolysis) is 1. The zero-order valence-electron chi connectivity index (χ0n) is 25.2. The first-order valence-electron chi connectivity index (χ1n) is 15.0. The topological polar surface area (TPSA) is 147 Å². The second kappa shape index (κ2) is 12.3. The summed E-state index contributed by atoms with van der Waals surface area (Å²) in [6.07, 6.45) is 5.45. The molecule has 0 radical (unpaired) electrons. The van der Waals surface area contributed by atoms with Crippen LogP contribution in [0.1, 0.15) is 59.3 Å². The summed E-state index contributed by atoms with van der Waals surface area (Å²) >= 11 is 6.14. The number of carboxylic acids is 1. The number of carbonyl (C=O) groups excluding carboxylic acids is 3. The lowest BCUT2D eigenvalue weighted by Gasteiger charge is -2.35. The molecule has 2 heterocycles. The minimum Gasteiger partial charge on any atom is -0.488 e. The number of nitrogens with zero attached hydrogens (tertiary/aromatic N) is 2. The summed E-state index contributed by atoms with van der Waals surface area (Å²) < 4.78 is 11.9. The van der Waals surface area contributed by atoms with Crippen LogP contribution in [0.3, 0.4) is 0 Å². The zero-order valence-corrected chi connectivity index (χ0v) is 25.9. The number of halogens is 1. The molecular formula is C32H39ClN4O7. The molecule has 5 atom stereocenters. The smallest absolute Gasteiger partial charge is 0.408 e. The lowest BCUT2D eigenvalue weighted by atomic mass is 9.85. The standard InChI is InChI=1S/C32H39ClN4O7/c1-5-18-16-32(18,29(40)41)36-27(38)24-15-21(43-25-12-13-34-23-14-19(33)10-11-22(23)25)17-37(24)28(39)26(31(2,3)4)35-30(42)44-20-8-6-7-9-20/h5,10-14,18,20-21,24,26H,1,6-9,15-17H2,2-4H3,(H,35,42)(H,36,38)(H,40,41)/t18-,21-,24+,26-,32-/m1/s1. The number of pyridine rings is 1. The average Bonchev–Trinajstić information content (AvgIpc) is 3.24. The van der Waals surface area contributed by atoms with E-state index in [1.165, 1.54) is 11.0 Å². The van der Waals surface area contributed by atoms with E-state index < -0.39 is 58.9 Å². The Kier molecular flexibility index (Phi) is 8.80. The van der Waals surface area contributed by atoms with Crippen molar-refractivity contribution in [2.45, 2.75) is 89.1 Å². The second-order valence-electron chi connectivity index (χ2n) is 13.0. The molecule has 2 aliphatic carbocycles. The first-order chi connectivity index (χ1) is 20.8. The molecule has 3 amide bonds. The van der Waals surface area contributed by atoms with Gasteiger partial charge in [-0.3, -0.25) is 14.6 Å². The number of carboxylic acid groups (broad SMARTS) is 1. The predicted octanol–water partition coefficient (Wildman–Crippen LogP) is 4.47. The number of hydrogen-bond acceptors (Lipinski definition) is 7. The fraction of sp³-hybridized carbons (Fsp3) is 0.531. The van der Waals surface area contributed by atoms with Gasteiger partial charge < -0.3 is 30.1 Å². The molecule has 3 aliphatic rings. The van der Waals surface area contributed by atoms with Crippen molar-refractivity contribution in [2.75, 3.05) is 6.54 Å². The van der Waals surface area contributed by atoms with E-state index >= 15 is 0 Å². The van der Waals surface area contributed by atoms with E-state index in [0.717, 1.165) is 25.7 Å². The summed E-state index contributed by atoms with van der Waals surface area (Å²) in [6.45, 7) is 9.17. The van der Waals surface area contributed by atoms with Gasteiger partial charge in [0.2, 0.25) is 11.8 Å². The van der Waals surface area contributed by atoms with Gasteiger partial charge in [-0.15, -0.1) is 6.58 Å². The summed E-state index contributed by atoms with van der Waals surface area (Å²) in [4.78, 5) is 58.7. The minimum absolute atomic E-state index is 0.0330. The monoisotopic (exact) mass is 626 g/mol. The van der Waals surface area contributed by atoms with Crippen molar-refractivity contribution < 1.29 is 33.8 Å². The molecule has 1 aliphatic heterocycles. The number of aromatic nitrogens is 1. The maximum absolute atomic E-state index is 14.2. The van der Waals surface area contributed by atoms with Crippen LogP contribution in [0.5, 0.6) is 5.75 Å². The van der Waals surface area contributed by atoms with E-state index in [2.05, 4.69) is 22.2 Å². The Morgan fingerprint density at radius 3 is 2.55 bits per heavy atom. The van der Waals surface area contributed by atoms with Crippen molar-refractivity contribution in [1.82, 2.24) is 20.5 Å². The van der Waals surface area contributed by atoms with Crippen molar-refractivity contribution in [2.24, 2.45) is 11.3 Å². The zero-order chi connectivity index (χ0) is 31.8. The fourth-order valence-electron chi connectivity index (χ4n) is 6.19. The molecule has 2 aromatic rings. The number of amides is 3. The van der Waals surface area contributed by atoms with Crippen LogP contribution >= 0.6 is 11.6 Å². The van der Waals surface area contributed by atoms with E-state index in [4.69, 9.17) is 21.1 Å². The van der Waals surface area contributed by atoms with E-state index in [9.17, 15) is 24.3 Å². The molecular weight excluding hydrogens is 588 g/mol. The first kappa shape index (κ1) is 31.6. The summed E-state index contributed by atoms with van der Waals surface area (Å²) in [5.74, 6) is -2.18. The maximum Gasteiger partial charge on any atom is 0.408 e. The van der Waals surface area contributed by atoms with Gasteiger partial charge in [0.25, 0.3) is 0 Å². The first-order valence-corrected chi connectivity index (χ1v) is 15.4. The lowest BCUT2D eigenvalue weighted by molar-refractivity contribution is -0.146. The highest BCUT2D eigenvalue weighted by atomic mass is 35.5. The quantitative estimate of drug-likeness (QED) is 0.346. The van der Waals surface area contributed by atoms with Crippen LogP contribution in [0.4, 0.5) is 4.79 Å². The average molecular weight is 627 g/mol. The van der Waals surface area contributed by atoms with Crippen molar-refractivity contribution in [3.63, 3.8) is 0 Å². The number of nitrogens with one attached hydrogen (secondary N) is 2. The molecule has 3 fully saturated rings. The van der Waals surface area contributed by atoms with E-state index in [1.54, 1.807) is 30.5 Å². The minimum atomic E-state index is -1.47. The van der Waals surface area contributed by atoms with Crippen molar-refractivity contribution >= 4 is 46.4 Å². The van der Waals surface area contributed by atoms with Gasteiger partial charge in [0, 0.05) is 28.9 Å². The largest absolute Gasteiger partial charge is 0.488 e. The van der Waals surface area contributed by atoms with Crippen LogP contribution in [-0.2, 0) is 19.1 Å². The molecule has 2 saturated carbocycles. The number of fused-ring (bicyclic) bond motifs is 1. The Morgan fingerprint density at radius 1 is 1.18 bits per heavy atom. The highest BCUT2D eigenvalue weighted by Gasteiger charge is 2.61. The molecule has 44 heavy (non-hydrogen) atoms. The summed E-state index contributed by atoms with van der Waals surface area (Å²) in [5, 5.41) is 16.6. The highest BCUT2D eigenvalue weighted by molar-refractivity contribution is 6.31. The number of aliphatic carboxylic acids is 1. The number of ether oxygens (including phenoxy) is 2. The number of carbonyl (C=O) groups is 4. The molecule has 1 saturated heterocycles. The molecule has 1 aromatic heterocycles. The van der Waals surface area contributed by atoms with Crippen molar-refractivity contribution in [1.29, 1.82) is 0 Å². The van der Waals surface area contributed by atoms with Crippen molar-refractivity contribution in [3.05, 3.63) is 48.1 Å². The lowest BCUT2D eigenvalue weighted by Crippen LogP contribution is -2.59. The van der Waals surface area contributed by atoms with Gasteiger partial charge in [-0.25, -0.2) is 9.59 Å². The Balaban J connectivity index is 1.41. The van der Waals surface area contributed by atoms with Crippen LogP contribution < -0.4 is 15.4 Å². The fourth-order valence-corrected chi connectivity index (χ4v) is 6.36. The predicted molar refractivity (Wildman–Crippen MR) is 163 cm³/mol. The van der Waals surface area contributed by atoms with Gasteiger partial charge in [0.05, 0.1) is 12.1 Å². The summed E-state index contributed by atoms with van der Waals surface area (Å²) in [5.41, 5.74) is -1.58. The summed E-state index contributed by atoms with van der Waals surface area (Å²) in [7, 11) is 0. The van der Waals surface area contributed by atoms with Crippen LogP contribution in [0.15, 0.2) is 43.1 Å². The number of hydrogen-bond donors (Lipinski definition) is 3. The third-order valence-corrected chi connectivity index (χ3v) is 9.02. The normalized spacial score (nSPS) is 25.7. The number of likely N-dealkylation sites (tertiary alicyclic amines) is 1. The third kappa shape index (κ3) is 6.47. The molecule has 3 N–H and O–H groups in total. The van der Waals surface area contributed by atoms with Gasteiger partial charge in [-0.05, 0) is 61.8 Å². The van der Waals surface area contributed by atoms with Crippen LogP contribution in [0.2, 0.25) is 5.02 Å². The van der Waals surface area contributed by atoms with Gasteiger partial charge in [-0.2, -0.15) is 0 Å². The Labute approximate surface area is 261 Å². The van der Waals surface area contributed by atoms with Crippen LogP contribution in [0.25, 0.3) is 10.9 Å². The van der Waals surface area contributed by atoms with Crippen LogP contribution in [-0.4, -0.2) is 75.2 Å². The SMILES string of the molecule is C=C[C@@H]1C[C@]1(NC(=O)[C@@H]1C[C@@H](Oc2ccnc3cc(Cl)ccc23)CN1C(=O)[C@@H](NC(=O)OC1CCCC1)C(C)(C)C)C(=O)O. The van der Waals surface area contributed by atoms with Crippen LogP contribution in [0, 0.1) is 11.3 Å². The Bertz CT molecular complexity index is 1470. The summed E-state index contributed by atoms with van der Waals surface area (Å²) in [6, 6.07) is 4.86. The van der Waals surface area contributed by atoms with E-state index in [0.29, 0.717) is 21.7 Å². The number of rotatable bonds is 9. The maximum atomic E-state index is 14.2. The molecule has 0 bridgehead atoms. The molecule has 12 heteroatoms. The van der Waals surface area contributed by atoms with Gasteiger partial charge in [0.15, 0.2) is 0 Å². The second-order valence-corrected chi connectivity index (χ2v) is 13.5. The van der Waals surface area contributed by atoms with Crippen molar-refractivity contribution in [3.8, 4) is 5.75 Å². The third-order valence-electron chi connectivity index (χ3n) is 8.79.